The first-order valence-corrected chi connectivity index (χ1v) is 8.28. The molecular formula is C14H13BrN2O3S. The number of sulfonamides is 1. The highest BCUT2D eigenvalue weighted by Crippen LogP contribution is 2.17. The lowest BCUT2D eigenvalue weighted by molar-refractivity contribution is 0.474. The normalized spacial score (nSPS) is 12.2. The molecule has 7 heteroatoms. The molecule has 0 unspecified atom stereocenters. The van der Waals surface area contributed by atoms with Crippen molar-refractivity contribution in [1.29, 1.82) is 0 Å². The SMILES string of the molecule is CC(=NNS(=O)(=O)c1ccc(Br)cc1)c1ccccc1O. The van der Waals surface area contributed by atoms with Gasteiger partial charge in [-0.05, 0) is 43.3 Å². The second-order valence-electron chi connectivity index (χ2n) is 4.26. The average Bonchev–Trinajstić information content (AvgIpc) is 2.46. The summed E-state index contributed by atoms with van der Waals surface area (Å²) in [4.78, 5) is 2.26. The minimum Gasteiger partial charge on any atom is -0.507 e. The molecule has 2 rings (SSSR count). The number of phenols is 1. The third kappa shape index (κ3) is 3.83. The van der Waals surface area contributed by atoms with E-state index < -0.39 is 10.0 Å². The first-order valence-electron chi connectivity index (χ1n) is 6.00. The van der Waals surface area contributed by atoms with Gasteiger partial charge in [0.2, 0.25) is 0 Å². The maximum atomic E-state index is 12.1. The van der Waals surface area contributed by atoms with Crippen LogP contribution in [0.3, 0.4) is 0 Å². The molecule has 0 aliphatic rings. The van der Waals surface area contributed by atoms with Gasteiger partial charge in [-0.1, -0.05) is 28.1 Å². The van der Waals surface area contributed by atoms with E-state index in [1.54, 1.807) is 37.3 Å². The van der Waals surface area contributed by atoms with Crippen LogP contribution in [0.2, 0.25) is 0 Å². The average molecular weight is 369 g/mol. The molecule has 110 valence electrons. The van der Waals surface area contributed by atoms with Crippen LogP contribution in [-0.2, 0) is 10.0 Å². The van der Waals surface area contributed by atoms with Crippen LogP contribution >= 0.6 is 15.9 Å². The Balaban J connectivity index is 2.23. The first kappa shape index (κ1) is 15.5. The van der Waals surface area contributed by atoms with E-state index in [-0.39, 0.29) is 10.6 Å². The van der Waals surface area contributed by atoms with Crippen LogP contribution in [0.4, 0.5) is 0 Å². The quantitative estimate of drug-likeness (QED) is 0.643. The largest absolute Gasteiger partial charge is 0.507 e. The molecule has 0 heterocycles. The van der Waals surface area contributed by atoms with E-state index in [1.807, 2.05) is 0 Å². The maximum Gasteiger partial charge on any atom is 0.276 e. The Morgan fingerprint density at radius 3 is 2.38 bits per heavy atom. The Kier molecular flexibility index (Phi) is 4.64. The van der Waals surface area contributed by atoms with Gasteiger partial charge in [0.25, 0.3) is 10.0 Å². The number of para-hydroxylation sites is 1. The molecule has 0 radical (unpaired) electrons. The summed E-state index contributed by atoms with van der Waals surface area (Å²) < 4.78 is 24.9. The molecule has 0 atom stereocenters. The molecule has 0 spiro atoms. The van der Waals surface area contributed by atoms with E-state index in [0.29, 0.717) is 11.3 Å². The van der Waals surface area contributed by atoms with Crippen LogP contribution in [0.25, 0.3) is 0 Å². The van der Waals surface area contributed by atoms with Gasteiger partial charge in [0, 0.05) is 10.0 Å². The van der Waals surface area contributed by atoms with E-state index in [9.17, 15) is 13.5 Å². The summed E-state index contributed by atoms with van der Waals surface area (Å²) in [5, 5.41) is 13.5. The predicted octanol–water partition coefficient (Wildman–Crippen LogP) is 2.86. The molecule has 2 aromatic rings. The van der Waals surface area contributed by atoms with Gasteiger partial charge >= 0.3 is 0 Å². The molecule has 0 amide bonds. The second kappa shape index (κ2) is 6.28. The third-order valence-corrected chi connectivity index (χ3v) is 4.50. The second-order valence-corrected chi connectivity index (χ2v) is 6.84. The summed E-state index contributed by atoms with van der Waals surface area (Å²) in [7, 11) is -3.73. The number of nitrogens with zero attached hydrogens (tertiary/aromatic N) is 1. The summed E-state index contributed by atoms with van der Waals surface area (Å²) in [6, 6.07) is 12.8. The lowest BCUT2D eigenvalue weighted by Gasteiger charge is -2.06. The van der Waals surface area contributed by atoms with Crippen molar-refractivity contribution in [1.82, 2.24) is 4.83 Å². The molecule has 0 fully saturated rings. The summed E-state index contributed by atoms with van der Waals surface area (Å²) >= 11 is 3.24. The van der Waals surface area contributed by atoms with Gasteiger partial charge in [0.05, 0.1) is 10.6 Å². The fraction of sp³-hybridized carbons (Fsp3) is 0.0714. The standard InChI is InChI=1S/C14H13BrN2O3S/c1-10(13-4-2-3-5-14(13)18)16-17-21(19,20)12-8-6-11(15)7-9-12/h2-9,17-18H,1H3. The van der Waals surface area contributed by atoms with Crippen LogP contribution in [0.5, 0.6) is 5.75 Å². The lowest BCUT2D eigenvalue weighted by atomic mass is 10.1. The molecule has 0 aliphatic heterocycles. The highest BCUT2D eigenvalue weighted by atomic mass is 79.9. The molecule has 0 aromatic heterocycles. The van der Waals surface area contributed by atoms with Crippen LogP contribution in [-0.4, -0.2) is 19.2 Å². The molecule has 0 saturated carbocycles. The fourth-order valence-electron chi connectivity index (χ4n) is 1.63. The van der Waals surface area contributed by atoms with Gasteiger partial charge in [0.1, 0.15) is 5.75 Å². The van der Waals surface area contributed by atoms with Crippen molar-refractivity contribution >= 4 is 31.7 Å². The van der Waals surface area contributed by atoms with Gasteiger partial charge in [-0.25, -0.2) is 0 Å². The van der Waals surface area contributed by atoms with Crippen molar-refractivity contribution in [3.05, 3.63) is 58.6 Å². The number of halogens is 1. The molecule has 0 bridgehead atoms. The van der Waals surface area contributed by atoms with Crippen molar-refractivity contribution < 1.29 is 13.5 Å². The Hall–Kier alpha value is -1.86. The third-order valence-electron chi connectivity index (χ3n) is 2.75. The van der Waals surface area contributed by atoms with Crippen LogP contribution in [0, 0.1) is 0 Å². The van der Waals surface area contributed by atoms with Crippen molar-refractivity contribution in [3.8, 4) is 5.75 Å². The topological polar surface area (TPSA) is 78.8 Å². The molecule has 0 saturated heterocycles. The molecule has 5 nitrogen and oxygen atoms in total. The highest BCUT2D eigenvalue weighted by Gasteiger charge is 2.13. The monoisotopic (exact) mass is 368 g/mol. The minimum absolute atomic E-state index is 0.0431. The molecule has 21 heavy (non-hydrogen) atoms. The van der Waals surface area contributed by atoms with E-state index >= 15 is 0 Å². The summed E-state index contributed by atoms with van der Waals surface area (Å²) in [6.07, 6.45) is 0. The summed E-state index contributed by atoms with van der Waals surface area (Å²) in [5.74, 6) is 0.0431. The van der Waals surface area contributed by atoms with E-state index in [2.05, 4.69) is 25.9 Å². The first-order chi connectivity index (χ1) is 9.90. The lowest BCUT2D eigenvalue weighted by Crippen LogP contribution is -2.19. The predicted molar refractivity (Wildman–Crippen MR) is 84.8 cm³/mol. The highest BCUT2D eigenvalue weighted by molar-refractivity contribution is 9.10. The van der Waals surface area contributed by atoms with Crippen molar-refractivity contribution in [2.45, 2.75) is 11.8 Å². The zero-order chi connectivity index (χ0) is 15.5. The number of benzene rings is 2. The summed E-state index contributed by atoms with van der Waals surface area (Å²) in [5.41, 5.74) is 0.838. The van der Waals surface area contributed by atoms with Gasteiger partial charge in [-0.3, -0.25) is 0 Å². The maximum absolute atomic E-state index is 12.1. The summed E-state index contributed by atoms with van der Waals surface area (Å²) in [6.45, 7) is 1.61. The van der Waals surface area contributed by atoms with E-state index in [4.69, 9.17) is 0 Å². The van der Waals surface area contributed by atoms with Gasteiger partial charge < -0.3 is 5.11 Å². The Bertz CT molecular complexity index is 771. The van der Waals surface area contributed by atoms with E-state index in [1.165, 1.54) is 18.2 Å². The van der Waals surface area contributed by atoms with Crippen molar-refractivity contribution in [2.75, 3.05) is 0 Å². The molecule has 2 N–H and O–H groups in total. The number of rotatable bonds is 4. The Morgan fingerprint density at radius 1 is 1.14 bits per heavy atom. The Labute approximate surface area is 131 Å². The van der Waals surface area contributed by atoms with Crippen LogP contribution in [0.1, 0.15) is 12.5 Å². The Morgan fingerprint density at radius 2 is 1.76 bits per heavy atom. The smallest absolute Gasteiger partial charge is 0.276 e. The minimum atomic E-state index is -3.73. The van der Waals surface area contributed by atoms with Crippen LogP contribution in [0.15, 0.2) is 63.0 Å². The van der Waals surface area contributed by atoms with Crippen LogP contribution < -0.4 is 4.83 Å². The van der Waals surface area contributed by atoms with Gasteiger partial charge in [-0.15, -0.1) is 0 Å². The van der Waals surface area contributed by atoms with Crippen molar-refractivity contribution in [3.63, 3.8) is 0 Å². The number of nitrogens with one attached hydrogen (secondary N) is 1. The fourth-order valence-corrected chi connectivity index (χ4v) is 2.76. The number of hydrazone groups is 1. The number of aromatic hydroxyl groups is 1. The molecular weight excluding hydrogens is 356 g/mol. The molecule has 0 aliphatic carbocycles. The van der Waals surface area contributed by atoms with E-state index in [0.717, 1.165) is 4.47 Å². The van der Waals surface area contributed by atoms with Gasteiger partial charge in [0.15, 0.2) is 0 Å². The number of phenolic OH excluding ortho intramolecular Hbond substituents is 1. The number of hydrogen-bond donors (Lipinski definition) is 2. The number of hydrogen-bond acceptors (Lipinski definition) is 4. The van der Waals surface area contributed by atoms with Gasteiger partial charge in [-0.2, -0.15) is 18.4 Å². The van der Waals surface area contributed by atoms with Crippen molar-refractivity contribution in [2.24, 2.45) is 5.10 Å². The zero-order valence-electron chi connectivity index (χ0n) is 11.1. The molecule has 2 aromatic carbocycles. The zero-order valence-corrected chi connectivity index (χ0v) is 13.5.